The molecule has 2 aromatic rings. The highest BCUT2D eigenvalue weighted by atomic mass is 19.1. The Bertz CT molecular complexity index is 820. The fraction of sp³-hybridized carbons (Fsp3) is 0.263. The van der Waals surface area contributed by atoms with E-state index in [1.165, 1.54) is 31.2 Å². The molecule has 0 saturated carbocycles. The van der Waals surface area contributed by atoms with Crippen LogP contribution in [0.5, 0.6) is 0 Å². The van der Waals surface area contributed by atoms with Gasteiger partial charge >= 0.3 is 5.97 Å². The van der Waals surface area contributed by atoms with Gasteiger partial charge in [0.1, 0.15) is 5.82 Å². The van der Waals surface area contributed by atoms with E-state index in [4.69, 9.17) is 5.11 Å². The number of carbonyl (C=O) groups is 2. The second-order valence-corrected chi connectivity index (χ2v) is 6.26. The van der Waals surface area contributed by atoms with Gasteiger partial charge in [-0.3, -0.25) is 4.79 Å². The average Bonchev–Trinajstić information content (AvgIpc) is 2.55. The van der Waals surface area contributed by atoms with Crippen molar-refractivity contribution < 1.29 is 19.1 Å². The third-order valence-electron chi connectivity index (χ3n) is 4.45. The molecule has 2 unspecified atom stereocenters. The highest BCUT2D eigenvalue weighted by Gasteiger charge is 2.32. The van der Waals surface area contributed by atoms with Crippen molar-refractivity contribution >= 4 is 23.3 Å². The first-order valence-electron chi connectivity index (χ1n) is 8.06. The number of aromatic carboxylic acids is 1. The summed E-state index contributed by atoms with van der Waals surface area (Å²) in [6.45, 7) is 3.46. The summed E-state index contributed by atoms with van der Waals surface area (Å²) in [5.41, 5.74) is 2.37. The van der Waals surface area contributed by atoms with Gasteiger partial charge in [0.05, 0.1) is 11.6 Å². The summed E-state index contributed by atoms with van der Waals surface area (Å²) >= 11 is 0. The largest absolute Gasteiger partial charge is 0.478 e. The summed E-state index contributed by atoms with van der Waals surface area (Å²) in [6.07, 6.45) is 0.622. The Morgan fingerprint density at radius 3 is 2.48 bits per heavy atom. The van der Waals surface area contributed by atoms with E-state index >= 15 is 0 Å². The molecule has 1 amide bonds. The lowest BCUT2D eigenvalue weighted by molar-refractivity contribution is -0.117. The van der Waals surface area contributed by atoms with Gasteiger partial charge in [0.25, 0.3) is 0 Å². The number of halogens is 1. The zero-order valence-electron chi connectivity index (χ0n) is 14.0. The second-order valence-electron chi connectivity index (χ2n) is 6.26. The van der Waals surface area contributed by atoms with Crippen molar-refractivity contribution in [3.05, 3.63) is 59.4 Å². The molecule has 0 aliphatic carbocycles. The van der Waals surface area contributed by atoms with Gasteiger partial charge in [-0.2, -0.15) is 0 Å². The number of hydrogen-bond donors (Lipinski definition) is 2. The lowest BCUT2D eigenvalue weighted by Crippen LogP contribution is -2.43. The smallest absolute Gasteiger partial charge is 0.335 e. The van der Waals surface area contributed by atoms with Crippen LogP contribution in [0.3, 0.4) is 0 Å². The molecule has 130 valence electrons. The Hall–Kier alpha value is -2.89. The molecule has 5 nitrogen and oxygen atoms in total. The number of benzene rings is 2. The molecule has 1 aliphatic heterocycles. The Balaban J connectivity index is 1.94. The van der Waals surface area contributed by atoms with Crippen LogP contribution in [-0.2, 0) is 4.79 Å². The van der Waals surface area contributed by atoms with Gasteiger partial charge in [-0.25, -0.2) is 9.18 Å². The van der Waals surface area contributed by atoms with Crippen LogP contribution < -0.4 is 10.2 Å². The Morgan fingerprint density at radius 2 is 1.88 bits per heavy atom. The van der Waals surface area contributed by atoms with E-state index in [0.29, 0.717) is 12.1 Å². The number of nitrogens with one attached hydrogen (secondary N) is 1. The number of carboxylic acid groups (broad SMARTS) is 1. The molecule has 0 radical (unpaired) electrons. The second kappa shape index (κ2) is 6.55. The summed E-state index contributed by atoms with van der Waals surface area (Å²) < 4.78 is 13.8. The zero-order valence-corrected chi connectivity index (χ0v) is 14.0. The van der Waals surface area contributed by atoms with E-state index in [9.17, 15) is 14.0 Å². The van der Waals surface area contributed by atoms with Crippen molar-refractivity contribution in [2.45, 2.75) is 32.4 Å². The Kier molecular flexibility index (Phi) is 4.44. The predicted molar refractivity (Wildman–Crippen MR) is 93.4 cm³/mol. The number of hydrogen-bond acceptors (Lipinski definition) is 3. The van der Waals surface area contributed by atoms with Crippen LogP contribution in [0.1, 0.15) is 42.2 Å². The van der Waals surface area contributed by atoms with Crippen LogP contribution in [0.4, 0.5) is 15.8 Å². The summed E-state index contributed by atoms with van der Waals surface area (Å²) in [7, 11) is 0. The topological polar surface area (TPSA) is 69.6 Å². The van der Waals surface area contributed by atoms with E-state index in [-0.39, 0.29) is 29.4 Å². The average molecular weight is 342 g/mol. The van der Waals surface area contributed by atoms with E-state index in [0.717, 1.165) is 11.3 Å². The summed E-state index contributed by atoms with van der Waals surface area (Å²) in [5.74, 6) is -1.42. The molecule has 2 N–H and O–H groups in total. The van der Waals surface area contributed by atoms with Crippen LogP contribution >= 0.6 is 0 Å². The molecular weight excluding hydrogens is 323 g/mol. The molecule has 1 aliphatic rings. The van der Waals surface area contributed by atoms with Gasteiger partial charge in [0.2, 0.25) is 5.91 Å². The van der Waals surface area contributed by atoms with Crippen LogP contribution in [0.15, 0.2) is 42.5 Å². The molecule has 6 heteroatoms. The number of carboxylic acids is 1. The maximum atomic E-state index is 13.8. The Morgan fingerprint density at radius 1 is 1.20 bits per heavy atom. The lowest BCUT2D eigenvalue weighted by atomic mass is 9.91. The third kappa shape index (κ3) is 3.33. The van der Waals surface area contributed by atoms with Crippen LogP contribution in [0, 0.1) is 5.82 Å². The molecule has 0 spiro atoms. The molecule has 0 bridgehead atoms. The minimum Gasteiger partial charge on any atom is -0.478 e. The lowest BCUT2D eigenvalue weighted by Gasteiger charge is -2.39. The van der Waals surface area contributed by atoms with E-state index < -0.39 is 5.97 Å². The van der Waals surface area contributed by atoms with Crippen LogP contribution in [0.2, 0.25) is 0 Å². The maximum Gasteiger partial charge on any atom is 0.335 e. The van der Waals surface area contributed by atoms with Gasteiger partial charge in [-0.15, -0.1) is 0 Å². The minimum atomic E-state index is -0.984. The molecule has 0 fully saturated rings. The van der Waals surface area contributed by atoms with Gasteiger partial charge in [-0.05, 0) is 55.8 Å². The molecule has 0 aromatic heterocycles. The first-order valence-corrected chi connectivity index (χ1v) is 8.06. The van der Waals surface area contributed by atoms with Crippen molar-refractivity contribution in [3.63, 3.8) is 0 Å². The van der Waals surface area contributed by atoms with Crippen molar-refractivity contribution in [1.29, 1.82) is 0 Å². The molecule has 2 atom stereocenters. The number of fused-ring (bicyclic) bond motifs is 1. The first-order chi connectivity index (χ1) is 11.9. The highest BCUT2D eigenvalue weighted by molar-refractivity contribution is 5.93. The predicted octanol–water partition coefficient (Wildman–Crippen LogP) is 3.82. The van der Waals surface area contributed by atoms with Crippen molar-refractivity contribution in [2.75, 3.05) is 10.2 Å². The van der Waals surface area contributed by atoms with Crippen LogP contribution in [0.25, 0.3) is 0 Å². The summed E-state index contributed by atoms with van der Waals surface area (Å²) in [6, 6.07) is 10.6. The molecule has 3 rings (SSSR count). The quantitative estimate of drug-likeness (QED) is 0.890. The normalized spacial score (nSPS) is 19.2. The maximum absolute atomic E-state index is 13.8. The van der Waals surface area contributed by atoms with Gasteiger partial charge in [0, 0.05) is 29.9 Å². The number of carbonyl (C=O) groups excluding carboxylic acids is 1. The van der Waals surface area contributed by atoms with Gasteiger partial charge in [0.15, 0.2) is 0 Å². The third-order valence-corrected chi connectivity index (χ3v) is 4.45. The van der Waals surface area contributed by atoms with Crippen molar-refractivity contribution in [3.8, 4) is 0 Å². The van der Waals surface area contributed by atoms with E-state index in [1.54, 1.807) is 23.1 Å². The summed E-state index contributed by atoms with van der Waals surface area (Å²) in [5, 5.41) is 12.3. The molecule has 1 heterocycles. The van der Waals surface area contributed by atoms with Crippen LogP contribution in [-0.4, -0.2) is 23.0 Å². The van der Waals surface area contributed by atoms with E-state index in [2.05, 4.69) is 5.32 Å². The van der Waals surface area contributed by atoms with Gasteiger partial charge < -0.3 is 15.3 Å². The number of rotatable bonds is 3. The zero-order chi connectivity index (χ0) is 18.1. The van der Waals surface area contributed by atoms with Crippen molar-refractivity contribution in [2.24, 2.45) is 0 Å². The number of nitrogens with zero attached hydrogens (tertiary/aromatic N) is 1. The van der Waals surface area contributed by atoms with Gasteiger partial charge in [-0.1, -0.05) is 0 Å². The van der Waals surface area contributed by atoms with Crippen molar-refractivity contribution in [1.82, 2.24) is 0 Å². The van der Waals surface area contributed by atoms with E-state index in [1.807, 2.05) is 6.92 Å². The highest BCUT2D eigenvalue weighted by Crippen LogP contribution is 2.39. The molecular formula is C19H19FN2O3. The fourth-order valence-electron chi connectivity index (χ4n) is 3.36. The Labute approximate surface area is 145 Å². The monoisotopic (exact) mass is 342 g/mol. The number of amides is 1. The summed E-state index contributed by atoms with van der Waals surface area (Å²) in [4.78, 5) is 24.6. The minimum absolute atomic E-state index is 0.0359. The molecule has 25 heavy (non-hydrogen) atoms. The fourth-order valence-corrected chi connectivity index (χ4v) is 3.36. The molecule has 0 saturated heterocycles. The first kappa shape index (κ1) is 17.0. The molecule has 2 aromatic carbocycles. The number of anilines is 2. The SMILES string of the molecule is CC(=O)N1c2ccc(F)cc2C(Nc2ccc(C(=O)O)cc2)CC1C. The standard InChI is InChI=1S/C19H19FN2O3/c1-11-9-17(21-15-6-3-13(4-7-15)19(24)25)16-10-14(20)5-8-18(16)22(11)12(2)23/h3-8,10-11,17,21H,9H2,1-2H3,(H,24,25).